The quantitative estimate of drug-likeness (QED) is 0.761. The average molecular weight is 231 g/mol. The van der Waals surface area contributed by atoms with Gasteiger partial charge in [-0.25, -0.2) is 4.98 Å². The van der Waals surface area contributed by atoms with Crippen LogP contribution in [-0.4, -0.2) is 25.5 Å². The Morgan fingerprint density at radius 3 is 2.53 bits per heavy atom. The third kappa shape index (κ3) is 1.93. The van der Waals surface area contributed by atoms with Gasteiger partial charge in [-0.3, -0.25) is 4.79 Å². The largest absolute Gasteiger partial charge is 0.497 e. The molecule has 0 aliphatic heterocycles. The third-order valence-electron chi connectivity index (χ3n) is 2.59. The normalized spacial score (nSPS) is 10.3. The lowest BCUT2D eigenvalue weighted by Gasteiger charge is -2.10. The van der Waals surface area contributed by atoms with Gasteiger partial charge in [0.15, 0.2) is 6.29 Å². The van der Waals surface area contributed by atoms with Gasteiger partial charge in [0.2, 0.25) is 0 Å². The fourth-order valence-electron chi connectivity index (χ4n) is 1.87. The maximum absolute atomic E-state index is 11.0. The van der Waals surface area contributed by atoms with Crippen LogP contribution in [0.25, 0.3) is 10.8 Å². The lowest BCUT2D eigenvalue weighted by atomic mass is 10.1. The fourth-order valence-corrected chi connectivity index (χ4v) is 1.87. The Morgan fingerprint density at radius 1 is 1.18 bits per heavy atom. The zero-order valence-corrected chi connectivity index (χ0v) is 9.98. The molecule has 0 amide bonds. The Hall–Kier alpha value is -2.10. The first-order chi connectivity index (χ1) is 8.19. The van der Waals surface area contributed by atoms with E-state index in [0.717, 1.165) is 17.4 Å². The Balaban J connectivity index is 2.87. The van der Waals surface area contributed by atoms with Gasteiger partial charge in [0.25, 0.3) is 0 Å². The minimum Gasteiger partial charge on any atom is -0.497 e. The van der Waals surface area contributed by atoms with Gasteiger partial charge >= 0.3 is 0 Å². The summed E-state index contributed by atoms with van der Waals surface area (Å²) >= 11 is 0. The maximum Gasteiger partial charge on any atom is 0.169 e. The minimum atomic E-state index is 0.388. The second kappa shape index (κ2) is 4.41. The summed E-state index contributed by atoms with van der Waals surface area (Å²) in [4.78, 5) is 15.2. The number of ether oxygens (including phenoxy) is 2. The van der Waals surface area contributed by atoms with Crippen molar-refractivity contribution in [3.63, 3.8) is 0 Å². The molecule has 1 heterocycles. The van der Waals surface area contributed by atoms with Crippen molar-refractivity contribution in [3.05, 3.63) is 29.6 Å². The van der Waals surface area contributed by atoms with Crippen LogP contribution in [0.1, 0.15) is 16.2 Å². The predicted octanol–water partition coefficient (Wildman–Crippen LogP) is 2.37. The standard InChI is InChI=1S/C13H13NO3/c1-8-4-9-5-10(16-2)6-12(17-3)13(9)11(7-15)14-8/h4-7H,1-3H3. The molecular weight excluding hydrogens is 218 g/mol. The summed E-state index contributed by atoms with van der Waals surface area (Å²) in [5.41, 5.74) is 1.18. The molecule has 88 valence electrons. The molecule has 0 saturated heterocycles. The number of aldehydes is 1. The van der Waals surface area contributed by atoms with Crippen molar-refractivity contribution in [2.24, 2.45) is 0 Å². The van der Waals surface area contributed by atoms with Crippen LogP contribution in [0.3, 0.4) is 0 Å². The number of hydrogen-bond donors (Lipinski definition) is 0. The Bertz CT molecular complexity index is 578. The van der Waals surface area contributed by atoms with Crippen LogP contribution in [-0.2, 0) is 0 Å². The average Bonchev–Trinajstić information content (AvgIpc) is 2.35. The molecule has 4 nitrogen and oxygen atoms in total. The first kappa shape index (κ1) is 11.4. The van der Waals surface area contributed by atoms with E-state index in [0.29, 0.717) is 22.6 Å². The molecule has 1 aromatic carbocycles. The van der Waals surface area contributed by atoms with E-state index in [4.69, 9.17) is 9.47 Å². The molecule has 0 bridgehead atoms. The van der Waals surface area contributed by atoms with Gasteiger partial charge < -0.3 is 9.47 Å². The molecule has 0 unspecified atom stereocenters. The van der Waals surface area contributed by atoms with Crippen LogP contribution >= 0.6 is 0 Å². The van der Waals surface area contributed by atoms with E-state index in [1.54, 1.807) is 20.3 Å². The van der Waals surface area contributed by atoms with Gasteiger partial charge in [0.05, 0.1) is 19.6 Å². The zero-order chi connectivity index (χ0) is 12.4. The number of aromatic nitrogens is 1. The van der Waals surface area contributed by atoms with E-state index in [1.807, 2.05) is 19.1 Å². The Kier molecular flexibility index (Phi) is 2.95. The second-order valence-corrected chi connectivity index (χ2v) is 3.69. The molecule has 2 rings (SSSR count). The van der Waals surface area contributed by atoms with E-state index >= 15 is 0 Å². The summed E-state index contributed by atoms with van der Waals surface area (Å²) in [7, 11) is 3.15. The number of fused-ring (bicyclic) bond motifs is 1. The number of rotatable bonds is 3. The van der Waals surface area contributed by atoms with Gasteiger partial charge in [-0.2, -0.15) is 0 Å². The highest BCUT2D eigenvalue weighted by atomic mass is 16.5. The van der Waals surface area contributed by atoms with Crippen molar-refractivity contribution in [2.45, 2.75) is 6.92 Å². The van der Waals surface area contributed by atoms with Crippen molar-refractivity contribution in [3.8, 4) is 11.5 Å². The zero-order valence-electron chi connectivity index (χ0n) is 9.98. The van der Waals surface area contributed by atoms with Crippen LogP contribution in [0, 0.1) is 6.92 Å². The number of methoxy groups -OCH3 is 2. The van der Waals surface area contributed by atoms with Gasteiger partial charge in [-0.15, -0.1) is 0 Å². The molecule has 0 fully saturated rings. The molecule has 0 aliphatic carbocycles. The minimum absolute atomic E-state index is 0.388. The van der Waals surface area contributed by atoms with Crippen molar-refractivity contribution < 1.29 is 14.3 Å². The van der Waals surface area contributed by atoms with Crippen LogP contribution in [0.15, 0.2) is 18.2 Å². The molecule has 0 radical (unpaired) electrons. The maximum atomic E-state index is 11.0. The van der Waals surface area contributed by atoms with Crippen LogP contribution in [0.4, 0.5) is 0 Å². The van der Waals surface area contributed by atoms with E-state index in [-0.39, 0.29) is 0 Å². The molecule has 0 atom stereocenters. The Labute approximate surface area is 99.2 Å². The summed E-state index contributed by atoms with van der Waals surface area (Å²) in [6, 6.07) is 5.50. The van der Waals surface area contributed by atoms with Gasteiger partial charge in [-0.05, 0) is 24.4 Å². The lowest BCUT2D eigenvalue weighted by molar-refractivity contribution is 0.112. The molecular formula is C13H13NO3. The van der Waals surface area contributed by atoms with Gasteiger partial charge in [0.1, 0.15) is 17.2 Å². The number of benzene rings is 1. The van der Waals surface area contributed by atoms with Gasteiger partial charge in [-0.1, -0.05) is 0 Å². The highest BCUT2D eigenvalue weighted by Gasteiger charge is 2.11. The Morgan fingerprint density at radius 2 is 1.94 bits per heavy atom. The monoisotopic (exact) mass is 231 g/mol. The smallest absolute Gasteiger partial charge is 0.169 e. The first-order valence-corrected chi connectivity index (χ1v) is 5.18. The molecule has 2 aromatic rings. The lowest BCUT2D eigenvalue weighted by Crippen LogP contribution is -1.96. The molecule has 0 spiro atoms. The number of carbonyl (C=O) groups excluding carboxylic acids is 1. The summed E-state index contributed by atoms with van der Waals surface area (Å²) in [5.74, 6) is 1.28. The molecule has 0 N–H and O–H groups in total. The predicted molar refractivity (Wildman–Crippen MR) is 65.0 cm³/mol. The van der Waals surface area contributed by atoms with E-state index in [1.165, 1.54) is 0 Å². The second-order valence-electron chi connectivity index (χ2n) is 3.69. The van der Waals surface area contributed by atoms with Gasteiger partial charge in [0, 0.05) is 11.8 Å². The number of aryl methyl sites for hydroxylation is 1. The first-order valence-electron chi connectivity index (χ1n) is 5.18. The van der Waals surface area contributed by atoms with E-state index < -0.39 is 0 Å². The van der Waals surface area contributed by atoms with E-state index in [2.05, 4.69) is 4.98 Å². The van der Waals surface area contributed by atoms with Crippen molar-refractivity contribution in [2.75, 3.05) is 14.2 Å². The topological polar surface area (TPSA) is 48.4 Å². The molecule has 4 heteroatoms. The molecule has 17 heavy (non-hydrogen) atoms. The number of hydrogen-bond acceptors (Lipinski definition) is 4. The molecule has 0 aliphatic rings. The number of pyridine rings is 1. The fraction of sp³-hybridized carbons (Fsp3) is 0.231. The molecule has 1 aromatic heterocycles. The van der Waals surface area contributed by atoms with Crippen LogP contribution in [0.2, 0.25) is 0 Å². The summed E-state index contributed by atoms with van der Waals surface area (Å²) in [6.07, 6.45) is 0.740. The van der Waals surface area contributed by atoms with Crippen molar-refractivity contribution in [1.29, 1.82) is 0 Å². The van der Waals surface area contributed by atoms with Crippen LogP contribution in [0.5, 0.6) is 11.5 Å². The third-order valence-corrected chi connectivity index (χ3v) is 2.59. The highest BCUT2D eigenvalue weighted by Crippen LogP contribution is 2.32. The summed E-state index contributed by atoms with van der Waals surface area (Å²) in [6.45, 7) is 1.85. The number of carbonyl (C=O) groups is 1. The van der Waals surface area contributed by atoms with E-state index in [9.17, 15) is 4.79 Å². The van der Waals surface area contributed by atoms with Crippen molar-refractivity contribution >= 4 is 17.1 Å². The summed E-state index contributed by atoms with van der Waals surface area (Å²) in [5, 5.41) is 1.60. The number of nitrogens with zero attached hydrogens (tertiary/aromatic N) is 1. The molecule has 0 saturated carbocycles. The summed E-state index contributed by atoms with van der Waals surface area (Å²) < 4.78 is 10.5. The highest BCUT2D eigenvalue weighted by molar-refractivity contribution is 6.01. The van der Waals surface area contributed by atoms with Crippen molar-refractivity contribution in [1.82, 2.24) is 4.98 Å². The SMILES string of the molecule is COc1cc(OC)c2c(C=O)nc(C)cc2c1. The van der Waals surface area contributed by atoms with Crippen LogP contribution < -0.4 is 9.47 Å².